The third-order valence-electron chi connectivity index (χ3n) is 2.99. The molecular formula is C12H18N2O2. The highest BCUT2D eigenvalue weighted by molar-refractivity contribution is 5.17. The minimum Gasteiger partial charge on any atom is -0.506 e. The standard InChI is InChI=1S/C12H18N2O2/c1-2-11-9-16-6-5-14(11)8-10-3-4-12(15)7-13-10/h3-4,7,11,15H,2,5-6,8-9H2,1H3. The van der Waals surface area contributed by atoms with Crippen LogP contribution in [0.15, 0.2) is 18.3 Å². The van der Waals surface area contributed by atoms with E-state index in [0.29, 0.717) is 6.04 Å². The first-order chi connectivity index (χ1) is 7.79. The maximum absolute atomic E-state index is 9.16. The summed E-state index contributed by atoms with van der Waals surface area (Å²) in [7, 11) is 0. The Morgan fingerprint density at radius 3 is 3.12 bits per heavy atom. The normalized spacial score (nSPS) is 22.2. The molecule has 1 saturated heterocycles. The molecule has 16 heavy (non-hydrogen) atoms. The molecule has 2 heterocycles. The maximum atomic E-state index is 9.16. The van der Waals surface area contributed by atoms with Crippen LogP contribution in [0.25, 0.3) is 0 Å². The fourth-order valence-electron chi connectivity index (χ4n) is 1.99. The van der Waals surface area contributed by atoms with E-state index in [2.05, 4.69) is 16.8 Å². The van der Waals surface area contributed by atoms with Crippen molar-refractivity contribution >= 4 is 0 Å². The molecule has 1 aliphatic heterocycles. The summed E-state index contributed by atoms with van der Waals surface area (Å²) < 4.78 is 5.46. The van der Waals surface area contributed by atoms with Crippen molar-refractivity contribution in [2.75, 3.05) is 19.8 Å². The summed E-state index contributed by atoms with van der Waals surface area (Å²) >= 11 is 0. The number of pyridine rings is 1. The number of aromatic hydroxyl groups is 1. The third kappa shape index (κ3) is 2.71. The molecule has 88 valence electrons. The van der Waals surface area contributed by atoms with Gasteiger partial charge in [0.2, 0.25) is 0 Å². The van der Waals surface area contributed by atoms with Gasteiger partial charge >= 0.3 is 0 Å². The molecule has 1 aromatic heterocycles. The molecule has 1 N–H and O–H groups in total. The van der Waals surface area contributed by atoms with Gasteiger partial charge in [0, 0.05) is 19.1 Å². The Morgan fingerprint density at radius 1 is 1.56 bits per heavy atom. The first-order valence-corrected chi connectivity index (χ1v) is 5.75. The van der Waals surface area contributed by atoms with Crippen LogP contribution < -0.4 is 0 Å². The average Bonchev–Trinajstić information content (AvgIpc) is 2.33. The molecular weight excluding hydrogens is 204 g/mol. The van der Waals surface area contributed by atoms with Crippen molar-refractivity contribution in [2.45, 2.75) is 25.9 Å². The van der Waals surface area contributed by atoms with Crippen LogP contribution in [0.5, 0.6) is 5.75 Å². The number of nitrogens with zero attached hydrogens (tertiary/aromatic N) is 2. The van der Waals surface area contributed by atoms with E-state index in [4.69, 9.17) is 9.84 Å². The molecule has 0 saturated carbocycles. The predicted octanol–water partition coefficient (Wildman–Crippen LogP) is 1.40. The second-order valence-electron chi connectivity index (χ2n) is 4.12. The van der Waals surface area contributed by atoms with Crippen LogP contribution in [0.2, 0.25) is 0 Å². The Bertz CT molecular complexity index is 326. The molecule has 1 aromatic rings. The lowest BCUT2D eigenvalue weighted by Gasteiger charge is -2.34. The van der Waals surface area contributed by atoms with Gasteiger partial charge in [0.05, 0.1) is 25.1 Å². The first kappa shape index (κ1) is 11.4. The average molecular weight is 222 g/mol. The molecule has 1 fully saturated rings. The molecule has 4 nitrogen and oxygen atoms in total. The summed E-state index contributed by atoms with van der Waals surface area (Å²) in [5.74, 6) is 0.220. The highest BCUT2D eigenvalue weighted by Gasteiger charge is 2.21. The molecule has 0 spiro atoms. The van der Waals surface area contributed by atoms with Crippen LogP contribution in [0, 0.1) is 0 Å². The van der Waals surface area contributed by atoms with Gasteiger partial charge in [-0.05, 0) is 18.6 Å². The van der Waals surface area contributed by atoms with Crippen molar-refractivity contribution < 1.29 is 9.84 Å². The van der Waals surface area contributed by atoms with Gasteiger partial charge in [-0.1, -0.05) is 6.92 Å². The Kier molecular flexibility index (Phi) is 3.74. The van der Waals surface area contributed by atoms with Crippen molar-refractivity contribution in [3.8, 4) is 5.75 Å². The monoisotopic (exact) mass is 222 g/mol. The van der Waals surface area contributed by atoms with Gasteiger partial charge in [-0.15, -0.1) is 0 Å². The Labute approximate surface area is 95.9 Å². The topological polar surface area (TPSA) is 45.6 Å². The number of aromatic nitrogens is 1. The Hall–Kier alpha value is -1.13. The third-order valence-corrected chi connectivity index (χ3v) is 2.99. The van der Waals surface area contributed by atoms with Crippen LogP contribution >= 0.6 is 0 Å². The molecule has 0 aromatic carbocycles. The van der Waals surface area contributed by atoms with E-state index in [1.807, 2.05) is 6.07 Å². The fraction of sp³-hybridized carbons (Fsp3) is 0.583. The zero-order valence-electron chi connectivity index (χ0n) is 9.59. The highest BCUT2D eigenvalue weighted by Crippen LogP contribution is 2.14. The highest BCUT2D eigenvalue weighted by atomic mass is 16.5. The van der Waals surface area contributed by atoms with Crippen molar-refractivity contribution in [3.63, 3.8) is 0 Å². The summed E-state index contributed by atoms with van der Waals surface area (Å²) in [6.45, 7) is 5.59. The minimum absolute atomic E-state index is 0.220. The summed E-state index contributed by atoms with van der Waals surface area (Å²) in [5, 5.41) is 9.16. The fourth-order valence-corrected chi connectivity index (χ4v) is 1.99. The van der Waals surface area contributed by atoms with E-state index in [-0.39, 0.29) is 5.75 Å². The van der Waals surface area contributed by atoms with E-state index in [1.165, 1.54) is 6.20 Å². The largest absolute Gasteiger partial charge is 0.506 e. The van der Waals surface area contributed by atoms with E-state index in [1.54, 1.807) is 6.07 Å². The van der Waals surface area contributed by atoms with Gasteiger partial charge in [-0.3, -0.25) is 9.88 Å². The quantitative estimate of drug-likeness (QED) is 0.839. The van der Waals surface area contributed by atoms with E-state index < -0.39 is 0 Å². The molecule has 1 unspecified atom stereocenters. The van der Waals surface area contributed by atoms with Crippen molar-refractivity contribution in [2.24, 2.45) is 0 Å². The molecule has 0 aliphatic carbocycles. The maximum Gasteiger partial charge on any atom is 0.133 e. The SMILES string of the molecule is CCC1COCCN1Cc1ccc(O)cn1. The number of hydrogen-bond acceptors (Lipinski definition) is 4. The van der Waals surface area contributed by atoms with Gasteiger partial charge < -0.3 is 9.84 Å². The number of hydrogen-bond donors (Lipinski definition) is 1. The summed E-state index contributed by atoms with van der Waals surface area (Å²) in [6.07, 6.45) is 2.59. The van der Waals surface area contributed by atoms with Crippen molar-refractivity contribution in [1.82, 2.24) is 9.88 Å². The first-order valence-electron chi connectivity index (χ1n) is 5.75. The molecule has 0 bridgehead atoms. The van der Waals surface area contributed by atoms with Gasteiger partial charge in [0.1, 0.15) is 5.75 Å². The van der Waals surface area contributed by atoms with Crippen molar-refractivity contribution in [3.05, 3.63) is 24.0 Å². The van der Waals surface area contributed by atoms with Crippen molar-refractivity contribution in [1.29, 1.82) is 0 Å². The molecule has 1 aliphatic rings. The van der Waals surface area contributed by atoms with Crippen LogP contribution in [0.1, 0.15) is 19.0 Å². The van der Waals surface area contributed by atoms with Gasteiger partial charge in [-0.2, -0.15) is 0 Å². The molecule has 0 amide bonds. The van der Waals surface area contributed by atoms with Crippen LogP contribution in [-0.4, -0.2) is 40.8 Å². The summed E-state index contributed by atoms with van der Waals surface area (Å²) in [5.41, 5.74) is 0.998. The van der Waals surface area contributed by atoms with Crippen LogP contribution in [0.3, 0.4) is 0 Å². The second kappa shape index (κ2) is 5.27. The molecule has 1 atom stereocenters. The second-order valence-corrected chi connectivity index (χ2v) is 4.12. The van der Waals surface area contributed by atoms with E-state index in [9.17, 15) is 0 Å². The van der Waals surface area contributed by atoms with Gasteiger partial charge in [0.15, 0.2) is 0 Å². The smallest absolute Gasteiger partial charge is 0.133 e. The van der Waals surface area contributed by atoms with E-state index >= 15 is 0 Å². The lowest BCUT2D eigenvalue weighted by molar-refractivity contribution is -0.0132. The van der Waals surface area contributed by atoms with Crippen LogP contribution in [0.4, 0.5) is 0 Å². The number of ether oxygens (including phenoxy) is 1. The lowest BCUT2D eigenvalue weighted by atomic mass is 10.1. The molecule has 0 radical (unpaired) electrons. The summed E-state index contributed by atoms with van der Waals surface area (Å²) in [4.78, 5) is 6.60. The zero-order valence-corrected chi connectivity index (χ0v) is 9.59. The predicted molar refractivity (Wildman–Crippen MR) is 61.2 cm³/mol. The number of rotatable bonds is 3. The number of morpholine rings is 1. The summed E-state index contributed by atoms with van der Waals surface area (Å²) in [6, 6.07) is 4.05. The Morgan fingerprint density at radius 2 is 2.44 bits per heavy atom. The van der Waals surface area contributed by atoms with E-state index in [0.717, 1.165) is 38.4 Å². The molecule has 2 rings (SSSR count). The lowest BCUT2D eigenvalue weighted by Crippen LogP contribution is -2.44. The Balaban J connectivity index is 1.99. The van der Waals surface area contributed by atoms with Gasteiger partial charge in [-0.25, -0.2) is 0 Å². The molecule has 4 heteroatoms. The minimum atomic E-state index is 0.220. The van der Waals surface area contributed by atoms with Gasteiger partial charge in [0.25, 0.3) is 0 Å². The van der Waals surface area contributed by atoms with Crippen LogP contribution in [-0.2, 0) is 11.3 Å². The zero-order chi connectivity index (χ0) is 11.4.